The van der Waals surface area contributed by atoms with E-state index in [4.69, 9.17) is 5.11 Å². The van der Waals surface area contributed by atoms with Crippen molar-refractivity contribution in [1.29, 1.82) is 0 Å². The number of hydrogen-bond donors (Lipinski definition) is 2. The molecule has 1 heterocycles. The normalized spacial score (nSPS) is 17.0. The Balaban J connectivity index is 1.84. The van der Waals surface area contributed by atoms with E-state index in [9.17, 15) is 9.18 Å². The van der Waals surface area contributed by atoms with Gasteiger partial charge in [-0.15, -0.1) is 11.3 Å². The highest BCUT2D eigenvalue weighted by molar-refractivity contribution is 7.15. The average molecular weight is 292 g/mol. The Kier molecular flexibility index (Phi) is 3.17. The second kappa shape index (κ2) is 4.86. The van der Waals surface area contributed by atoms with Crippen LogP contribution < -0.4 is 5.32 Å². The average Bonchev–Trinajstić information content (AvgIpc) is 2.93. The predicted octanol–water partition coefficient (Wildman–Crippen LogP) is 3.45. The fourth-order valence-corrected chi connectivity index (χ4v) is 3.43. The van der Waals surface area contributed by atoms with Crippen LogP contribution in [0.15, 0.2) is 18.2 Å². The maximum atomic E-state index is 13.2. The number of fused-ring (bicyclic) bond motifs is 1. The van der Waals surface area contributed by atoms with E-state index in [0.29, 0.717) is 22.8 Å². The number of rotatable bonds is 3. The summed E-state index contributed by atoms with van der Waals surface area (Å²) >= 11 is 1.47. The maximum absolute atomic E-state index is 13.2. The van der Waals surface area contributed by atoms with Crippen LogP contribution in [0.2, 0.25) is 0 Å². The van der Waals surface area contributed by atoms with E-state index in [1.807, 2.05) is 0 Å². The Bertz CT molecular complexity index is 684. The number of benzene rings is 1. The topological polar surface area (TPSA) is 62.2 Å². The molecule has 1 atom stereocenters. The van der Waals surface area contributed by atoms with Crippen molar-refractivity contribution in [2.45, 2.75) is 25.7 Å². The lowest BCUT2D eigenvalue weighted by Gasteiger charge is -2.05. The van der Waals surface area contributed by atoms with Gasteiger partial charge in [-0.2, -0.15) is 0 Å². The number of halogens is 1. The molecule has 0 amide bonds. The van der Waals surface area contributed by atoms with Crippen LogP contribution in [-0.4, -0.2) is 16.1 Å². The zero-order valence-electron chi connectivity index (χ0n) is 10.8. The van der Waals surface area contributed by atoms with Gasteiger partial charge in [0.1, 0.15) is 11.7 Å². The second-order valence-corrected chi connectivity index (χ2v) is 5.93. The molecule has 1 aliphatic rings. The Hall–Kier alpha value is -1.95. The third kappa shape index (κ3) is 2.27. The van der Waals surface area contributed by atoms with Crippen molar-refractivity contribution in [2.24, 2.45) is 0 Å². The molecule has 1 unspecified atom stereocenters. The molecule has 0 spiro atoms. The van der Waals surface area contributed by atoms with E-state index in [1.54, 1.807) is 19.1 Å². The lowest BCUT2D eigenvalue weighted by molar-refractivity contribution is -0.138. The number of thiazole rings is 1. The molecule has 2 N–H and O–H groups in total. The third-order valence-corrected chi connectivity index (χ3v) is 4.47. The molecule has 0 saturated heterocycles. The van der Waals surface area contributed by atoms with Crippen LogP contribution in [0, 0.1) is 12.7 Å². The molecule has 3 rings (SSSR count). The molecule has 104 valence electrons. The van der Waals surface area contributed by atoms with Gasteiger partial charge in [0.25, 0.3) is 0 Å². The van der Waals surface area contributed by atoms with Crippen molar-refractivity contribution < 1.29 is 14.3 Å². The third-order valence-electron chi connectivity index (χ3n) is 3.43. The van der Waals surface area contributed by atoms with Gasteiger partial charge in [0.2, 0.25) is 0 Å². The van der Waals surface area contributed by atoms with Gasteiger partial charge in [-0.25, -0.2) is 9.37 Å². The molecule has 0 bridgehead atoms. The molecule has 1 aliphatic carbocycles. The molecule has 0 fully saturated rings. The molecule has 0 radical (unpaired) electrons. The zero-order valence-corrected chi connectivity index (χ0v) is 11.6. The number of aryl methyl sites for hydroxylation is 2. The van der Waals surface area contributed by atoms with Gasteiger partial charge in [-0.05, 0) is 43.5 Å². The fraction of sp³-hybridized carbons (Fsp3) is 0.286. The van der Waals surface area contributed by atoms with Crippen LogP contribution in [-0.2, 0) is 11.2 Å². The Labute approximate surface area is 119 Å². The quantitative estimate of drug-likeness (QED) is 0.909. The first-order chi connectivity index (χ1) is 9.54. The molecule has 1 aromatic heterocycles. The van der Waals surface area contributed by atoms with E-state index >= 15 is 0 Å². The van der Waals surface area contributed by atoms with Crippen molar-refractivity contribution >= 4 is 28.1 Å². The minimum atomic E-state index is -0.821. The van der Waals surface area contributed by atoms with Crippen LogP contribution in [0.5, 0.6) is 0 Å². The van der Waals surface area contributed by atoms with Crippen molar-refractivity contribution in [2.75, 3.05) is 5.32 Å². The number of carboxylic acid groups (broad SMARTS) is 1. The summed E-state index contributed by atoms with van der Waals surface area (Å²) in [6.45, 7) is 1.70. The van der Waals surface area contributed by atoms with Crippen LogP contribution in [0.1, 0.15) is 28.5 Å². The number of hydrogen-bond acceptors (Lipinski definition) is 4. The molecule has 0 saturated carbocycles. The van der Waals surface area contributed by atoms with Crippen molar-refractivity contribution in [3.8, 4) is 0 Å². The highest BCUT2D eigenvalue weighted by Gasteiger charge is 2.32. The van der Waals surface area contributed by atoms with Crippen molar-refractivity contribution in [3.05, 3.63) is 40.2 Å². The first kappa shape index (κ1) is 13.1. The number of carbonyl (C=O) groups is 1. The summed E-state index contributed by atoms with van der Waals surface area (Å²) in [5.41, 5.74) is 1.98. The van der Waals surface area contributed by atoms with Gasteiger partial charge in [-0.3, -0.25) is 4.79 Å². The number of carboxylic acids is 1. The van der Waals surface area contributed by atoms with Crippen LogP contribution in [0.4, 0.5) is 15.2 Å². The second-order valence-electron chi connectivity index (χ2n) is 4.85. The highest BCUT2D eigenvalue weighted by Crippen LogP contribution is 2.39. The Morgan fingerprint density at radius 2 is 2.35 bits per heavy atom. The highest BCUT2D eigenvalue weighted by atomic mass is 32.1. The van der Waals surface area contributed by atoms with Gasteiger partial charge in [0, 0.05) is 10.6 Å². The minimum absolute atomic E-state index is 0.247. The summed E-state index contributed by atoms with van der Waals surface area (Å²) in [5, 5.41) is 12.9. The monoisotopic (exact) mass is 292 g/mol. The van der Waals surface area contributed by atoms with E-state index in [2.05, 4.69) is 10.3 Å². The molecule has 2 aromatic rings. The summed E-state index contributed by atoms with van der Waals surface area (Å²) in [7, 11) is 0. The van der Waals surface area contributed by atoms with E-state index in [1.165, 1.54) is 17.4 Å². The standard InChI is InChI=1S/C14H13FN2O2S/c1-7-6-8(2-4-10(7)15)16-14-17-12-9(13(18)19)3-5-11(12)20-14/h2,4,6,9H,3,5H2,1H3,(H,16,17)(H,18,19). The predicted molar refractivity (Wildman–Crippen MR) is 75.2 cm³/mol. The maximum Gasteiger partial charge on any atom is 0.312 e. The number of anilines is 2. The molecule has 6 heteroatoms. The first-order valence-electron chi connectivity index (χ1n) is 6.30. The fourth-order valence-electron chi connectivity index (χ4n) is 2.37. The number of aliphatic carboxylic acids is 1. The van der Waals surface area contributed by atoms with Gasteiger partial charge in [-0.1, -0.05) is 0 Å². The zero-order chi connectivity index (χ0) is 14.3. The van der Waals surface area contributed by atoms with Crippen LogP contribution in [0.3, 0.4) is 0 Å². The lowest BCUT2D eigenvalue weighted by atomic mass is 10.1. The van der Waals surface area contributed by atoms with Crippen LogP contribution in [0.25, 0.3) is 0 Å². The molecular weight excluding hydrogens is 279 g/mol. The molecule has 4 nitrogen and oxygen atoms in total. The Morgan fingerprint density at radius 3 is 3.05 bits per heavy atom. The largest absolute Gasteiger partial charge is 0.481 e. The Morgan fingerprint density at radius 1 is 1.55 bits per heavy atom. The van der Waals surface area contributed by atoms with Gasteiger partial charge >= 0.3 is 5.97 Å². The van der Waals surface area contributed by atoms with Crippen LogP contribution >= 0.6 is 11.3 Å². The minimum Gasteiger partial charge on any atom is -0.481 e. The van der Waals surface area contributed by atoms with E-state index in [0.717, 1.165) is 17.0 Å². The van der Waals surface area contributed by atoms with Gasteiger partial charge in [0.05, 0.1) is 5.69 Å². The van der Waals surface area contributed by atoms with Crippen molar-refractivity contribution in [3.63, 3.8) is 0 Å². The molecule has 20 heavy (non-hydrogen) atoms. The lowest BCUT2D eigenvalue weighted by Crippen LogP contribution is -2.08. The van der Waals surface area contributed by atoms with Gasteiger partial charge < -0.3 is 10.4 Å². The van der Waals surface area contributed by atoms with Gasteiger partial charge in [0.15, 0.2) is 5.13 Å². The number of aromatic nitrogens is 1. The summed E-state index contributed by atoms with van der Waals surface area (Å²) in [4.78, 5) is 16.5. The summed E-state index contributed by atoms with van der Waals surface area (Å²) in [6, 6.07) is 4.75. The molecule has 1 aromatic carbocycles. The van der Waals surface area contributed by atoms with E-state index < -0.39 is 11.9 Å². The number of nitrogens with zero attached hydrogens (tertiary/aromatic N) is 1. The first-order valence-corrected chi connectivity index (χ1v) is 7.12. The SMILES string of the molecule is Cc1cc(Nc2nc3c(s2)CCC3C(=O)O)ccc1F. The molecule has 0 aliphatic heterocycles. The summed E-state index contributed by atoms with van der Waals surface area (Å²) in [6.07, 6.45) is 1.38. The van der Waals surface area contributed by atoms with E-state index in [-0.39, 0.29) is 5.82 Å². The summed E-state index contributed by atoms with van der Waals surface area (Å²) in [5.74, 6) is -1.56. The smallest absolute Gasteiger partial charge is 0.312 e. The van der Waals surface area contributed by atoms with Crippen molar-refractivity contribution in [1.82, 2.24) is 4.98 Å². The summed E-state index contributed by atoms with van der Waals surface area (Å²) < 4.78 is 13.2. The molecular formula is C14H13FN2O2S. The number of nitrogens with one attached hydrogen (secondary N) is 1.